The molecule has 0 aromatic heterocycles. The molecule has 1 aliphatic rings. The van der Waals surface area contributed by atoms with Gasteiger partial charge in [-0.05, 0) is 55.2 Å². The highest BCUT2D eigenvalue weighted by Crippen LogP contribution is 2.36. The highest BCUT2D eigenvalue weighted by atomic mass is 32.2. The van der Waals surface area contributed by atoms with E-state index in [4.69, 9.17) is 9.47 Å². The van der Waals surface area contributed by atoms with Gasteiger partial charge in [-0.1, -0.05) is 18.2 Å². The van der Waals surface area contributed by atoms with Crippen LogP contribution in [-0.4, -0.2) is 32.4 Å². The van der Waals surface area contributed by atoms with Crippen LogP contribution in [-0.2, 0) is 14.3 Å². The fourth-order valence-electron chi connectivity index (χ4n) is 3.14. The number of nitrogens with zero attached hydrogens (tertiary/aromatic N) is 1. The van der Waals surface area contributed by atoms with Crippen molar-refractivity contribution in [2.75, 3.05) is 25.4 Å². The summed E-state index contributed by atoms with van der Waals surface area (Å²) in [7, 11) is 2.89. The summed E-state index contributed by atoms with van der Waals surface area (Å²) < 4.78 is 10.2. The van der Waals surface area contributed by atoms with E-state index < -0.39 is 5.97 Å². The quantitative estimate of drug-likeness (QED) is 0.429. The zero-order valence-corrected chi connectivity index (χ0v) is 17.0. The number of benzene rings is 2. The number of ether oxygens (including phenoxy) is 2. The topological polar surface area (TPSA) is 55.8 Å². The van der Waals surface area contributed by atoms with Gasteiger partial charge in [0.2, 0.25) is 0 Å². The maximum Gasteiger partial charge on any atom is 0.340 e. The van der Waals surface area contributed by atoms with Crippen LogP contribution < -0.4 is 9.64 Å². The van der Waals surface area contributed by atoms with Gasteiger partial charge in [0.1, 0.15) is 5.75 Å². The van der Waals surface area contributed by atoms with E-state index in [9.17, 15) is 9.59 Å². The molecule has 1 heterocycles. The Balaban J connectivity index is 2.13. The van der Waals surface area contributed by atoms with Crippen molar-refractivity contribution in [3.05, 3.63) is 70.9 Å². The highest BCUT2D eigenvalue weighted by molar-refractivity contribution is 7.98. The first kappa shape index (κ1) is 19.8. The normalized spacial score (nSPS) is 15.4. The third kappa shape index (κ3) is 3.68. The predicted molar refractivity (Wildman–Crippen MR) is 111 cm³/mol. The van der Waals surface area contributed by atoms with Gasteiger partial charge < -0.3 is 9.47 Å². The minimum absolute atomic E-state index is 0.265. The Morgan fingerprint density at radius 1 is 1.11 bits per heavy atom. The molecule has 0 saturated carbocycles. The second-order valence-electron chi connectivity index (χ2n) is 6.13. The Morgan fingerprint density at radius 3 is 2.54 bits per heavy atom. The first-order valence-corrected chi connectivity index (χ1v) is 9.86. The van der Waals surface area contributed by atoms with Crippen molar-refractivity contribution >= 4 is 35.4 Å². The summed E-state index contributed by atoms with van der Waals surface area (Å²) in [4.78, 5) is 28.3. The number of anilines is 1. The zero-order chi connectivity index (χ0) is 20.3. The molecule has 2 aromatic carbocycles. The van der Waals surface area contributed by atoms with Gasteiger partial charge in [0.25, 0.3) is 5.91 Å². The third-order valence-corrected chi connectivity index (χ3v) is 5.23. The minimum atomic E-state index is -0.538. The van der Waals surface area contributed by atoms with Gasteiger partial charge in [-0.2, -0.15) is 0 Å². The van der Waals surface area contributed by atoms with Gasteiger partial charge in [0.15, 0.2) is 0 Å². The van der Waals surface area contributed by atoms with Crippen molar-refractivity contribution in [3.63, 3.8) is 0 Å². The van der Waals surface area contributed by atoms with Gasteiger partial charge in [-0.3, -0.25) is 9.69 Å². The van der Waals surface area contributed by atoms with Crippen molar-refractivity contribution in [2.45, 2.75) is 11.8 Å². The molecule has 2 aromatic rings. The molecule has 1 aliphatic heterocycles. The molecular formula is C22H21NO4S. The Hall–Kier alpha value is -2.99. The standard InChI is InChI=1S/C22H21NO4S/c1-14-20(22(25)27-3)19(12-15-7-5-9-17(11-15)26-2)21(24)23(14)16-8-6-10-18(13-16)28-4/h5-13H,1-4H3. The van der Waals surface area contributed by atoms with Crippen LogP contribution >= 0.6 is 11.8 Å². The molecule has 144 valence electrons. The lowest BCUT2D eigenvalue weighted by Gasteiger charge is -2.18. The number of esters is 1. The second-order valence-corrected chi connectivity index (χ2v) is 7.01. The molecule has 0 fully saturated rings. The summed E-state index contributed by atoms with van der Waals surface area (Å²) in [5.41, 5.74) is 2.59. The number of amides is 1. The number of thioether (sulfide) groups is 1. The summed E-state index contributed by atoms with van der Waals surface area (Å²) in [6.07, 6.45) is 3.67. The molecular weight excluding hydrogens is 374 g/mol. The number of carbonyl (C=O) groups is 2. The molecule has 6 heteroatoms. The molecule has 3 rings (SSSR count). The second kappa shape index (κ2) is 8.35. The van der Waals surface area contributed by atoms with E-state index in [-0.39, 0.29) is 11.5 Å². The van der Waals surface area contributed by atoms with Gasteiger partial charge in [-0.15, -0.1) is 11.8 Å². The van der Waals surface area contributed by atoms with Crippen LogP contribution in [0.1, 0.15) is 12.5 Å². The molecule has 0 atom stereocenters. The Kier molecular flexibility index (Phi) is 5.90. The SMILES string of the molecule is COC(=O)C1=C(C)N(c2cccc(SC)c2)C(=O)C1=Cc1cccc(OC)c1. The largest absolute Gasteiger partial charge is 0.497 e. The van der Waals surface area contributed by atoms with Crippen molar-refractivity contribution in [1.82, 2.24) is 0 Å². The van der Waals surface area contributed by atoms with Gasteiger partial charge >= 0.3 is 5.97 Å². The molecule has 0 spiro atoms. The van der Waals surface area contributed by atoms with Crippen LogP contribution in [0.5, 0.6) is 5.75 Å². The molecule has 0 bridgehead atoms. The van der Waals surface area contributed by atoms with E-state index in [0.29, 0.717) is 22.7 Å². The van der Waals surface area contributed by atoms with Crippen LogP contribution in [0.15, 0.2) is 70.3 Å². The van der Waals surface area contributed by atoms with Crippen LogP contribution in [0.3, 0.4) is 0 Å². The van der Waals surface area contributed by atoms with Crippen LogP contribution in [0.2, 0.25) is 0 Å². The van der Waals surface area contributed by atoms with Gasteiger partial charge in [0, 0.05) is 10.6 Å². The highest BCUT2D eigenvalue weighted by Gasteiger charge is 2.37. The monoisotopic (exact) mass is 395 g/mol. The number of rotatable bonds is 5. The van der Waals surface area contributed by atoms with Crippen LogP contribution in [0.25, 0.3) is 6.08 Å². The number of hydrogen-bond donors (Lipinski definition) is 0. The smallest absolute Gasteiger partial charge is 0.340 e. The first-order chi connectivity index (χ1) is 13.5. The Labute approximate surface area is 168 Å². The lowest BCUT2D eigenvalue weighted by atomic mass is 10.0. The summed E-state index contributed by atoms with van der Waals surface area (Å²) in [6, 6.07) is 15.0. The average Bonchev–Trinajstić information content (AvgIpc) is 2.97. The maximum absolute atomic E-state index is 13.3. The Morgan fingerprint density at radius 2 is 1.86 bits per heavy atom. The summed E-state index contributed by atoms with van der Waals surface area (Å²) in [6.45, 7) is 1.75. The molecule has 0 aliphatic carbocycles. The first-order valence-electron chi connectivity index (χ1n) is 8.64. The zero-order valence-electron chi connectivity index (χ0n) is 16.2. The molecule has 28 heavy (non-hydrogen) atoms. The number of hydrogen-bond acceptors (Lipinski definition) is 5. The summed E-state index contributed by atoms with van der Waals surface area (Å²) in [5, 5.41) is 0. The van der Waals surface area contributed by atoms with Crippen molar-refractivity contribution in [1.29, 1.82) is 0 Å². The summed E-state index contributed by atoms with van der Waals surface area (Å²) in [5.74, 6) is -0.132. The molecule has 0 radical (unpaired) electrons. The average molecular weight is 395 g/mol. The third-order valence-electron chi connectivity index (χ3n) is 4.51. The van der Waals surface area contributed by atoms with E-state index in [2.05, 4.69) is 0 Å². The lowest BCUT2D eigenvalue weighted by Crippen LogP contribution is -2.24. The van der Waals surface area contributed by atoms with E-state index in [1.807, 2.05) is 54.8 Å². The fraction of sp³-hybridized carbons (Fsp3) is 0.182. The van der Waals surface area contributed by atoms with Gasteiger partial charge in [0.05, 0.1) is 31.1 Å². The molecule has 0 N–H and O–H groups in total. The number of carbonyl (C=O) groups excluding carboxylic acids is 2. The van der Waals surface area contributed by atoms with E-state index in [1.54, 1.807) is 36.8 Å². The Bertz CT molecular complexity index is 994. The molecule has 0 unspecified atom stereocenters. The van der Waals surface area contributed by atoms with Crippen molar-refractivity contribution < 1.29 is 19.1 Å². The minimum Gasteiger partial charge on any atom is -0.497 e. The van der Waals surface area contributed by atoms with E-state index >= 15 is 0 Å². The molecule has 0 saturated heterocycles. The molecule has 5 nitrogen and oxygen atoms in total. The van der Waals surface area contributed by atoms with E-state index in [0.717, 1.165) is 10.5 Å². The van der Waals surface area contributed by atoms with Crippen LogP contribution in [0, 0.1) is 0 Å². The lowest BCUT2D eigenvalue weighted by molar-refractivity contribution is -0.136. The summed E-state index contributed by atoms with van der Waals surface area (Å²) >= 11 is 1.59. The van der Waals surface area contributed by atoms with E-state index in [1.165, 1.54) is 7.11 Å². The van der Waals surface area contributed by atoms with Crippen LogP contribution in [0.4, 0.5) is 5.69 Å². The predicted octanol–water partition coefficient (Wildman–Crippen LogP) is 4.29. The molecule has 1 amide bonds. The van der Waals surface area contributed by atoms with Crippen molar-refractivity contribution in [2.24, 2.45) is 0 Å². The van der Waals surface area contributed by atoms with Crippen molar-refractivity contribution in [3.8, 4) is 5.75 Å². The number of allylic oxidation sites excluding steroid dienone is 1. The van der Waals surface area contributed by atoms with Gasteiger partial charge in [-0.25, -0.2) is 4.79 Å². The fourth-order valence-corrected chi connectivity index (χ4v) is 3.59. The maximum atomic E-state index is 13.3. The number of methoxy groups -OCH3 is 2.